The molecular weight excluding hydrogens is 242 g/mol. The van der Waals surface area contributed by atoms with E-state index in [1.54, 1.807) is 19.5 Å². The van der Waals surface area contributed by atoms with Gasteiger partial charge in [-0.1, -0.05) is 0 Å². The third kappa shape index (κ3) is 7.54. The second-order valence-corrected chi connectivity index (χ2v) is 4.54. The molecule has 0 fully saturated rings. The van der Waals surface area contributed by atoms with Crippen LogP contribution in [0.25, 0.3) is 0 Å². The molecule has 1 amide bonds. The predicted octanol–water partition coefficient (Wildman–Crippen LogP) is 0.709. The van der Waals surface area contributed by atoms with Gasteiger partial charge < -0.3 is 10.1 Å². The summed E-state index contributed by atoms with van der Waals surface area (Å²) in [6.45, 7) is 2.64. The van der Waals surface area contributed by atoms with Gasteiger partial charge in [-0.15, -0.1) is 0 Å². The lowest BCUT2D eigenvalue weighted by Gasteiger charge is -2.16. The lowest BCUT2D eigenvalue weighted by Crippen LogP contribution is -2.36. The van der Waals surface area contributed by atoms with Gasteiger partial charge in [-0.2, -0.15) is 0 Å². The van der Waals surface area contributed by atoms with Crippen molar-refractivity contribution in [3.05, 3.63) is 30.1 Å². The van der Waals surface area contributed by atoms with E-state index in [1.807, 2.05) is 24.1 Å². The van der Waals surface area contributed by atoms with Crippen molar-refractivity contribution in [3.63, 3.8) is 0 Å². The van der Waals surface area contributed by atoms with Crippen molar-refractivity contribution < 1.29 is 9.53 Å². The largest absolute Gasteiger partial charge is 0.385 e. The molecule has 0 unspecified atom stereocenters. The van der Waals surface area contributed by atoms with Crippen molar-refractivity contribution in [2.45, 2.75) is 12.8 Å². The molecule has 5 heteroatoms. The van der Waals surface area contributed by atoms with Crippen LogP contribution in [0.3, 0.4) is 0 Å². The Morgan fingerprint density at radius 1 is 1.42 bits per heavy atom. The Morgan fingerprint density at radius 3 is 2.84 bits per heavy atom. The Labute approximate surface area is 115 Å². The van der Waals surface area contributed by atoms with Crippen molar-refractivity contribution in [3.8, 4) is 0 Å². The number of amides is 1. The maximum absolute atomic E-state index is 11.6. The van der Waals surface area contributed by atoms with E-state index in [9.17, 15) is 4.79 Å². The molecule has 1 heterocycles. The SMILES string of the molecule is COCCCNC(=O)CN(C)CCc1ccncc1. The van der Waals surface area contributed by atoms with E-state index in [4.69, 9.17) is 4.74 Å². The number of carbonyl (C=O) groups is 1. The number of pyridine rings is 1. The minimum Gasteiger partial charge on any atom is -0.385 e. The topological polar surface area (TPSA) is 54.5 Å². The van der Waals surface area contributed by atoms with E-state index in [2.05, 4.69) is 10.3 Å². The number of hydrogen-bond donors (Lipinski definition) is 1. The van der Waals surface area contributed by atoms with Crippen molar-refractivity contribution in [2.24, 2.45) is 0 Å². The zero-order valence-electron chi connectivity index (χ0n) is 11.8. The normalized spacial score (nSPS) is 10.7. The molecule has 5 nitrogen and oxygen atoms in total. The Morgan fingerprint density at radius 2 is 2.16 bits per heavy atom. The highest BCUT2D eigenvalue weighted by Crippen LogP contribution is 1.98. The van der Waals surface area contributed by atoms with Crippen LogP contribution < -0.4 is 5.32 Å². The van der Waals surface area contributed by atoms with Gasteiger partial charge in [0.2, 0.25) is 5.91 Å². The maximum atomic E-state index is 11.6. The Hall–Kier alpha value is -1.46. The van der Waals surface area contributed by atoms with Gasteiger partial charge in [-0.05, 0) is 37.6 Å². The zero-order valence-corrected chi connectivity index (χ0v) is 11.8. The third-order valence-corrected chi connectivity index (χ3v) is 2.79. The summed E-state index contributed by atoms with van der Waals surface area (Å²) in [6.07, 6.45) is 5.36. The molecule has 0 aliphatic heterocycles. The molecule has 0 radical (unpaired) electrons. The van der Waals surface area contributed by atoms with E-state index < -0.39 is 0 Å². The minimum absolute atomic E-state index is 0.0633. The first-order chi connectivity index (χ1) is 9.22. The van der Waals surface area contributed by atoms with Crippen molar-refractivity contribution in [2.75, 3.05) is 40.4 Å². The Bertz CT molecular complexity index is 357. The number of aromatic nitrogens is 1. The molecule has 106 valence electrons. The summed E-state index contributed by atoms with van der Waals surface area (Å²) in [4.78, 5) is 17.6. The second-order valence-electron chi connectivity index (χ2n) is 4.54. The Balaban J connectivity index is 2.13. The molecule has 0 aliphatic rings. The van der Waals surface area contributed by atoms with Gasteiger partial charge in [0.25, 0.3) is 0 Å². The molecule has 1 aromatic heterocycles. The van der Waals surface area contributed by atoms with Crippen molar-refractivity contribution >= 4 is 5.91 Å². The van der Waals surface area contributed by atoms with Crippen LogP contribution in [0.2, 0.25) is 0 Å². The van der Waals surface area contributed by atoms with Crippen molar-refractivity contribution in [1.29, 1.82) is 0 Å². The lowest BCUT2D eigenvalue weighted by atomic mass is 10.2. The highest BCUT2D eigenvalue weighted by molar-refractivity contribution is 5.77. The average Bonchev–Trinajstić information content (AvgIpc) is 2.42. The van der Waals surface area contributed by atoms with Gasteiger partial charge in [0.15, 0.2) is 0 Å². The Kier molecular flexibility index (Phi) is 7.77. The number of methoxy groups -OCH3 is 1. The highest BCUT2D eigenvalue weighted by atomic mass is 16.5. The number of ether oxygens (including phenoxy) is 1. The van der Waals surface area contributed by atoms with Crippen LogP contribution in [-0.4, -0.2) is 56.2 Å². The van der Waals surface area contributed by atoms with Crippen LogP contribution in [0, 0.1) is 0 Å². The monoisotopic (exact) mass is 265 g/mol. The van der Waals surface area contributed by atoms with Gasteiger partial charge in [-0.3, -0.25) is 14.7 Å². The molecule has 19 heavy (non-hydrogen) atoms. The number of nitrogens with zero attached hydrogens (tertiary/aromatic N) is 2. The molecular formula is C14H23N3O2. The van der Waals surface area contributed by atoms with Crippen LogP contribution in [-0.2, 0) is 16.0 Å². The number of nitrogens with one attached hydrogen (secondary N) is 1. The summed E-state index contributed by atoms with van der Waals surface area (Å²) in [5.41, 5.74) is 1.24. The first-order valence-corrected chi connectivity index (χ1v) is 6.55. The van der Waals surface area contributed by atoms with Gasteiger partial charge in [0.1, 0.15) is 0 Å². The van der Waals surface area contributed by atoms with Crippen LogP contribution in [0.5, 0.6) is 0 Å². The summed E-state index contributed by atoms with van der Waals surface area (Å²) in [7, 11) is 3.62. The number of carbonyl (C=O) groups excluding carboxylic acids is 1. The van der Waals surface area contributed by atoms with Gasteiger partial charge in [-0.25, -0.2) is 0 Å². The van der Waals surface area contributed by atoms with Gasteiger partial charge in [0.05, 0.1) is 6.54 Å². The average molecular weight is 265 g/mol. The molecule has 0 atom stereocenters. The predicted molar refractivity (Wildman–Crippen MR) is 74.9 cm³/mol. The fourth-order valence-corrected chi connectivity index (χ4v) is 1.69. The zero-order chi connectivity index (χ0) is 13.9. The van der Waals surface area contributed by atoms with Gasteiger partial charge in [0, 0.05) is 39.2 Å². The molecule has 1 rings (SSSR count). The van der Waals surface area contributed by atoms with E-state index in [0.29, 0.717) is 19.7 Å². The fourth-order valence-electron chi connectivity index (χ4n) is 1.69. The first kappa shape index (κ1) is 15.6. The quantitative estimate of drug-likeness (QED) is 0.668. The van der Waals surface area contributed by atoms with E-state index >= 15 is 0 Å². The summed E-state index contributed by atoms with van der Waals surface area (Å²) < 4.78 is 4.93. The molecule has 0 aromatic carbocycles. The molecule has 0 saturated carbocycles. The van der Waals surface area contributed by atoms with E-state index in [-0.39, 0.29) is 5.91 Å². The summed E-state index contributed by atoms with van der Waals surface area (Å²) in [6, 6.07) is 4.00. The number of rotatable bonds is 9. The molecule has 0 aliphatic carbocycles. The third-order valence-electron chi connectivity index (χ3n) is 2.79. The number of likely N-dealkylation sites (N-methyl/N-ethyl adjacent to an activating group) is 1. The van der Waals surface area contributed by atoms with Crippen LogP contribution in [0.1, 0.15) is 12.0 Å². The summed E-state index contributed by atoms with van der Waals surface area (Å²) >= 11 is 0. The van der Waals surface area contributed by atoms with E-state index in [0.717, 1.165) is 19.4 Å². The molecule has 0 saturated heterocycles. The van der Waals surface area contributed by atoms with E-state index in [1.165, 1.54) is 5.56 Å². The van der Waals surface area contributed by atoms with Crippen LogP contribution >= 0.6 is 0 Å². The molecule has 0 bridgehead atoms. The van der Waals surface area contributed by atoms with Gasteiger partial charge >= 0.3 is 0 Å². The lowest BCUT2D eigenvalue weighted by molar-refractivity contribution is -0.121. The van der Waals surface area contributed by atoms with Crippen LogP contribution in [0.4, 0.5) is 0 Å². The highest BCUT2D eigenvalue weighted by Gasteiger charge is 2.05. The second kappa shape index (κ2) is 9.47. The first-order valence-electron chi connectivity index (χ1n) is 6.55. The summed E-state index contributed by atoms with van der Waals surface area (Å²) in [5, 5.41) is 2.88. The summed E-state index contributed by atoms with van der Waals surface area (Å²) in [5.74, 6) is 0.0633. The molecule has 0 spiro atoms. The fraction of sp³-hybridized carbons (Fsp3) is 0.571. The van der Waals surface area contributed by atoms with Crippen molar-refractivity contribution in [1.82, 2.24) is 15.2 Å². The standard InChI is InChI=1S/C14H23N3O2/c1-17(10-6-13-4-8-15-9-5-13)12-14(18)16-7-3-11-19-2/h4-5,8-9H,3,6-7,10-12H2,1-2H3,(H,16,18). The maximum Gasteiger partial charge on any atom is 0.234 e. The number of hydrogen-bond acceptors (Lipinski definition) is 4. The molecule has 1 aromatic rings. The minimum atomic E-state index is 0.0633. The molecule has 1 N–H and O–H groups in total. The van der Waals surface area contributed by atoms with Crippen LogP contribution in [0.15, 0.2) is 24.5 Å². The smallest absolute Gasteiger partial charge is 0.234 e.